The Morgan fingerprint density at radius 1 is 0.759 bits per heavy atom. The first-order valence-electron chi connectivity index (χ1n) is 12.2. The second kappa shape index (κ2) is 17.5. The summed E-state index contributed by atoms with van der Waals surface area (Å²) in [5.41, 5.74) is 3.28. The molecule has 0 saturated carbocycles. The first kappa shape index (κ1) is 25.7. The van der Waals surface area contributed by atoms with Crippen LogP contribution < -0.4 is 10.6 Å². The molecule has 3 nitrogen and oxygen atoms in total. The summed E-state index contributed by atoms with van der Waals surface area (Å²) in [7, 11) is 0. The van der Waals surface area contributed by atoms with Crippen LogP contribution in [-0.4, -0.2) is 19.0 Å². The van der Waals surface area contributed by atoms with Crippen LogP contribution in [0.3, 0.4) is 0 Å². The maximum absolute atomic E-state index is 12.1. The molecule has 0 aliphatic heterocycles. The summed E-state index contributed by atoms with van der Waals surface area (Å²) in [6.07, 6.45) is 19.3. The number of hydrogen-bond donors (Lipinski definition) is 2. The van der Waals surface area contributed by atoms with E-state index in [1.54, 1.807) is 0 Å². The molecule has 29 heavy (non-hydrogen) atoms. The van der Waals surface area contributed by atoms with E-state index in [0.29, 0.717) is 6.54 Å². The molecule has 166 valence electrons. The average Bonchev–Trinajstić information content (AvgIpc) is 2.71. The minimum absolute atomic E-state index is 0.0454. The maximum atomic E-state index is 12.1. The predicted molar refractivity (Wildman–Crippen MR) is 128 cm³/mol. The van der Waals surface area contributed by atoms with Crippen molar-refractivity contribution < 1.29 is 4.79 Å². The number of carbonyl (C=O) groups excluding carboxylic acids is 1. The van der Waals surface area contributed by atoms with Crippen LogP contribution in [-0.2, 0) is 4.79 Å². The summed E-state index contributed by atoms with van der Waals surface area (Å²) < 4.78 is 0. The highest BCUT2D eigenvalue weighted by atomic mass is 16.1. The van der Waals surface area contributed by atoms with Gasteiger partial charge in [0.1, 0.15) is 0 Å². The fraction of sp³-hybridized carbons (Fsp3) is 0.731. The monoisotopic (exact) mass is 402 g/mol. The van der Waals surface area contributed by atoms with Gasteiger partial charge in [-0.3, -0.25) is 4.79 Å². The zero-order valence-corrected chi connectivity index (χ0v) is 19.5. The molecule has 0 unspecified atom stereocenters. The lowest BCUT2D eigenvalue weighted by molar-refractivity contribution is -0.115. The van der Waals surface area contributed by atoms with Crippen LogP contribution in [0.25, 0.3) is 0 Å². The van der Waals surface area contributed by atoms with Crippen molar-refractivity contribution in [1.29, 1.82) is 0 Å². The van der Waals surface area contributed by atoms with Gasteiger partial charge in [-0.2, -0.15) is 0 Å². The lowest BCUT2D eigenvalue weighted by Crippen LogP contribution is -2.29. The highest BCUT2D eigenvalue weighted by Gasteiger charge is 2.05. The van der Waals surface area contributed by atoms with Crippen LogP contribution in [0.2, 0.25) is 0 Å². The highest BCUT2D eigenvalue weighted by Crippen LogP contribution is 2.17. The SMILES string of the molecule is CCCCCCCCCCCCCCCCNCC(=O)Nc1cccc(C)c1C. The van der Waals surface area contributed by atoms with Crippen molar-refractivity contribution in [3.8, 4) is 0 Å². The van der Waals surface area contributed by atoms with Gasteiger partial charge in [-0.05, 0) is 44.0 Å². The number of anilines is 1. The molecule has 1 aromatic rings. The van der Waals surface area contributed by atoms with Crippen molar-refractivity contribution in [2.45, 2.75) is 111 Å². The van der Waals surface area contributed by atoms with Gasteiger partial charge in [0.05, 0.1) is 6.54 Å². The third-order valence-corrected chi connectivity index (χ3v) is 5.87. The molecule has 0 fully saturated rings. The van der Waals surface area contributed by atoms with Gasteiger partial charge in [0.25, 0.3) is 0 Å². The maximum Gasteiger partial charge on any atom is 0.238 e. The van der Waals surface area contributed by atoms with Crippen molar-refractivity contribution in [2.75, 3.05) is 18.4 Å². The van der Waals surface area contributed by atoms with Gasteiger partial charge in [-0.1, -0.05) is 103 Å². The normalized spacial score (nSPS) is 11.0. The van der Waals surface area contributed by atoms with Crippen LogP contribution in [0.15, 0.2) is 18.2 Å². The minimum Gasteiger partial charge on any atom is -0.325 e. The third kappa shape index (κ3) is 13.5. The standard InChI is InChI=1S/C26H46N2O/c1-4-5-6-7-8-9-10-11-12-13-14-15-16-17-21-27-22-26(29)28-25-20-18-19-23(2)24(25)3/h18-20,27H,4-17,21-22H2,1-3H3,(H,28,29). The quantitative estimate of drug-likeness (QED) is 0.253. The van der Waals surface area contributed by atoms with E-state index >= 15 is 0 Å². The van der Waals surface area contributed by atoms with Gasteiger partial charge in [0.15, 0.2) is 0 Å². The molecular formula is C26H46N2O. The van der Waals surface area contributed by atoms with Gasteiger partial charge < -0.3 is 10.6 Å². The molecule has 0 bridgehead atoms. The van der Waals surface area contributed by atoms with E-state index in [1.807, 2.05) is 19.1 Å². The molecule has 0 aliphatic carbocycles. The summed E-state index contributed by atoms with van der Waals surface area (Å²) >= 11 is 0. The van der Waals surface area contributed by atoms with E-state index in [4.69, 9.17) is 0 Å². The van der Waals surface area contributed by atoms with Crippen molar-refractivity contribution >= 4 is 11.6 Å². The van der Waals surface area contributed by atoms with Gasteiger partial charge in [-0.25, -0.2) is 0 Å². The fourth-order valence-electron chi connectivity index (χ4n) is 3.73. The van der Waals surface area contributed by atoms with E-state index in [0.717, 1.165) is 24.2 Å². The molecule has 0 spiro atoms. The first-order chi connectivity index (χ1) is 14.1. The Labute approximate surface area is 180 Å². The summed E-state index contributed by atoms with van der Waals surface area (Å²) in [6.45, 7) is 7.72. The lowest BCUT2D eigenvalue weighted by atomic mass is 10.0. The number of aryl methyl sites for hydroxylation is 1. The lowest BCUT2D eigenvalue weighted by Gasteiger charge is -2.11. The zero-order chi connectivity index (χ0) is 21.2. The highest BCUT2D eigenvalue weighted by molar-refractivity contribution is 5.93. The van der Waals surface area contributed by atoms with E-state index < -0.39 is 0 Å². The Kier molecular flexibility index (Phi) is 15.5. The second-order valence-corrected chi connectivity index (χ2v) is 8.57. The van der Waals surface area contributed by atoms with E-state index in [9.17, 15) is 4.79 Å². The van der Waals surface area contributed by atoms with Gasteiger partial charge in [-0.15, -0.1) is 0 Å². The molecule has 2 N–H and O–H groups in total. The molecule has 1 aromatic carbocycles. The van der Waals surface area contributed by atoms with Crippen molar-refractivity contribution in [3.63, 3.8) is 0 Å². The smallest absolute Gasteiger partial charge is 0.238 e. The van der Waals surface area contributed by atoms with Crippen LogP contribution in [0, 0.1) is 13.8 Å². The largest absolute Gasteiger partial charge is 0.325 e. The second-order valence-electron chi connectivity index (χ2n) is 8.57. The number of carbonyl (C=O) groups is 1. The van der Waals surface area contributed by atoms with Crippen LogP contribution in [0.1, 0.15) is 108 Å². The van der Waals surface area contributed by atoms with Crippen LogP contribution in [0.4, 0.5) is 5.69 Å². The molecule has 0 saturated heterocycles. The molecule has 0 radical (unpaired) electrons. The summed E-state index contributed by atoms with van der Waals surface area (Å²) in [5.74, 6) is 0.0454. The molecule has 3 heteroatoms. The number of rotatable bonds is 18. The number of unbranched alkanes of at least 4 members (excludes halogenated alkanes) is 13. The molecular weight excluding hydrogens is 356 g/mol. The van der Waals surface area contributed by atoms with E-state index in [2.05, 4.69) is 30.5 Å². The summed E-state index contributed by atoms with van der Waals surface area (Å²) in [4.78, 5) is 12.1. The van der Waals surface area contributed by atoms with Crippen LogP contribution >= 0.6 is 0 Å². The topological polar surface area (TPSA) is 41.1 Å². The molecule has 1 rings (SSSR count). The van der Waals surface area contributed by atoms with Crippen LogP contribution in [0.5, 0.6) is 0 Å². The van der Waals surface area contributed by atoms with Crippen molar-refractivity contribution in [3.05, 3.63) is 29.3 Å². The Morgan fingerprint density at radius 3 is 1.83 bits per heavy atom. The summed E-state index contributed by atoms with van der Waals surface area (Å²) in [5, 5.41) is 6.27. The fourth-order valence-corrected chi connectivity index (χ4v) is 3.73. The van der Waals surface area contributed by atoms with Gasteiger partial charge >= 0.3 is 0 Å². The number of nitrogens with one attached hydrogen (secondary N) is 2. The molecule has 1 amide bonds. The molecule has 0 aliphatic rings. The zero-order valence-electron chi connectivity index (χ0n) is 19.5. The van der Waals surface area contributed by atoms with E-state index in [-0.39, 0.29) is 5.91 Å². The van der Waals surface area contributed by atoms with Crippen molar-refractivity contribution in [1.82, 2.24) is 5.32 Å². The Balaban J connectivity index is 1.85. The van der Waals surface area contributed by atoms with Gasteiger partial charge in [0, 0.05) is 5.69 Å². The number of benzene rings is 1. The molecule has 0 atom stereocenters. The third-order valence-electron chi connectivity index (χ3n) is 5.87. The Hall–Kier alpha value is -1.35. The number of amides is 1. The van der Waals surface area contributed by atoms with E-state index in [1.165, 1.54) is 89.0 Å². The predicted octanol–water partition coefficient (Wildman–Crippen LogP) is 7.31. The summed E-state index contributed by atoms with van der Waals surface area (Å²) in [6, 6.07) is 6.02. The Morgan fingerprint density at radius 2 is 1.28 bits per heavy atom. The minimum atomic E-state index is 0.0454. The van der Waals surface area contributed by atoms with Crippen molar-refractivity contribution in [2.24, 2.45) is 0 Å². The Bertz CT molecular complexity index is 542. The molecule has 0 aromatic heterocycles. The first-order valence-corrected chi connectivity index (χ1v) is 12.2. The molecule has 0 heterocycles. The average molecular weight is 403 g/mol. The number of hydrogen-bond acceptors (Lipinski definition) is 2. The van der Waals surface area contributed by atoms with Gasteiger partial charge in [0.2, 0.25) is 5.91 Å².